The molecule has 0 saturated carbocycles. The summed E-state index contributed by atoms with van der Waals surface area (Å²) in [6.45, 7) is 1.36. The molecule has 5 nitrogen and oxygen atoms in total. The normalized spacial score (nSPS) is 21.8. The Labute approximate surface area is 193 Å². The maximum atomic E-state index is 13.8. The van der Waals surface area contributed by atoms with Crippen LogP contribution in [0.15, 0.2) is 77.0 Å². The number of benzene rings is 2. The highest BCUT2D eigenvalue weighted by molar-refractivity contribution is 7.89. The van der Waals surface area contributed by atoms with E-state index in [-0.39, 0.29) is 29.3 Å². The van der Waals surface area contributed by atoms with Crippen LogP contribution >= 0.6 is 11.3 Å². The molecule has 2 unspecified atom stereocenters. The third kappa shape index (κ3) is 3.89. The van der Waals surface area contributed by atoms with E-state index >= 15 is 0 Å². The molecule has 0 radical (unpaired) electrons. The Morgan fingerprint density at radius 3 is 2.41 bits per heavy atom. The molecule has 3 aromatic rings. The fraction of sp³-hybridized carbons (Fsp3) is 0.320. The van der Waals surface area contributed by atoms with E-state index in [1.807, 2.05) is 23.1 Å². The van der Waals surface area contributed by atoms with Gasteiger partial charge in [0.05, 0.1) is 16.9 Å². The first-order valence-electron chi connectivity index (χ1n) is 11.0. The first-order chi connectivity index (χ1) is 15.6. The Morgan fingerprint density at radius 2 is 1.66 bits per heavy atom. The van der Waals surface area contributed by atoms with Crippen LogP contribution in [0.25, 0.3) is 0 Å². The van der Waals surface area contributed by atoms with Crippen LogP contribution in [0.2, 0.25) is 0 Å². The van der Waals surface area contributed by atoms with E-state index in [9.17, 15) is 13.2 Å². The lowest BCUT2D eigenvalue weighted by Gasteiger charge is -2.40. The molecule has 7 heteroatoms. The molecular formula is C25H26N2O3S2. The molecule has 2 atom stereocenters. The number of carbonyl (C=O) groups is 1. The van der Waals surface area contributed by atoms with Gasteiger partial charge >= 0.3 is 0 Å². The van der Waals surface area contributed by atoms with Crippen molar-refractivity contribution in [3.05, 3.63) is 88.1 Å². The third-order valence-corrected chi connectivity index (χ3v) is 9.35. The van der Waals surface area contributed by atoms with Gasteiger partial charge in [0, 0.05) is 24.5 Å². The highest BCUT2D eigenvalue weighted by Gasteiger charge is 2.39. The molecule has 0 N–H and O–H groups in total. The average Bonchev–Trinajstić information content (AvgIpc) is 3.33. The van der Waals surface area contributed by atoms with E-state index in [1.165, 1.54) is 14.7 Å². The van der Waals surface area contributed by atoms with E-state index in [2.05, 4.69) is 23.6 Å². The number of sulfonamides is 1. The zero-order valence-electron chi connectivity index (χ0n) is 17.8. The van der Waals surface area contributed by atoms with Gasteiger partial charge in [-0.3, -0.25) is 4.79 Å². The second-order valence-corrected chi connectivity index (χ2v) is 11.3. The number of thiophene rings is 1. The van der Waals surface area contributed by atoms with Gasteiger partial charge in [-0.15, -0.1) is 11.3 Å². The Balaban J connectivity index is 1.42. The molecule has 2 aromatic carbocycles. The van der Waals surface area contributed by atoms with Crippen molar-refractivity contribution in [2.24, 2.45) is 5.92 Å². The lowest BCUT2D eigenvalue weighted by Crippen LogP contribution is -2.49. The number of nitrogens with zero attached hydrogens (tertiary/aromatic N) is 2. The molecule has 3 heterocycles. The zero-order chi connectivity index (χ0) is 22.1. The quantitative estimate of drug-likeness (QED) is 0.575. The third-order valence-electron chi connectivity index (χ3n) is 6.48. The van der Waals surface area contributed by atoms with Gasteiger partial charge in [-0.25, -0.2) is 8.42 Å². The molecule has 0 bridgehead atoms. The van der Waals surface area contributed by atoms with Gasteiger partial charge in [0.25, 0.3) is 0 Å². The van der Waals surface area contributed by atoms with Crippen molar-refractivity contribution in [1.29, 1.82) is 0 Å². The van der Waals surface area contributed by atoms with Gasteiger partial charge in [0.15, 0.2) is 0 Å². The smallest absolute Gasteiger partial charge is 0.243 e. The van der Waals surface area contributed by atoms with Crippen LogP contribution in [0.4, 0.5) is 0 Å². The summed E-state index contributed by atoms with van der Waals surface area (Å²) in [7, 11) is -3.60. The molecule has 166 valence electrons. The molecule has 1 amide bonds. The van der Waals surface area contributed by atoms with Crippen molar-refractivity contribution < 1.29 is 13.2 Å². The Morgan fingerprint density at radius 1 is 0.938 bits per heavy atom. The molecule has 1 fully saturated rings. The summed E-state index contributed by atoms with van der Waals surface area (Å²) in [6, 6.07) is 20.7. The summed E-state index contributed by atoms with van der Waals surface area (Å²) in [6.07, 6.45) is 2.25. The predicted octanol–water partition coefficient (Wildman–Crippen LogP) is 4.32. The summed E-state index contributed by atoms with van der Waals surface area (Å²) >= 11 is 1.75. The number of carbonyl (C=O) groups excluding carboxylic acids is 1. The van der Waals surface area contributed by atoms with Crippen molar-refractivity contribution in [2.75, 3.05) is 19.6 Å². The Bertz CT molecular complexity index is 1190. The Hall–Kier alpha value is -2.48. The number of rotatable bonds is 4. The topological polar surface area (TPSA) is 57.7 Å². The molecule has 32 heavy (non-hydrogen) atoms. The van der Waals surface area contributed by atoms with Gasteiger partial charge in [-0.05, 0) is 54.0 Å². The highest BCUT2D eigenvalue weighted by Crippen LogP contribution is 2.39. The van der Waals surface area contributed by atoms with Crippen LogP contribution < -0.4 is 0 Å². The molecular weight excluding hydrogens is 440 g/mol. The van der Waals surface area contributed by atoms with Crippen LogP contribution in [-0.4, -0.2) is 43.2 Å². The predicted molar refractivity (Wildman–Crippen MR) is 126 cm³/mol. The van der Waals surface area contributed by atoms with Crippen LogP contribution in [0.3, 0.4) is 0 Å². The fourth-order valence-electron chi connectivity index (χ4n) is 4.89. The van der Waals surface area contributed by atoms with E-state index in [0.717, 1.165) is 12.0 Å². The van der Waals surface area contributed by atoms with Crippen molar-refractivity contribution in [3.8, 4) is 0 Å². The van der Waals surface area contributed by atoms with E-state index in [1.54, 1.807) is 41.7 Å². The number of hydrogen-bond acceptors (Lipinski definition) is 4. The number of hydrogen-bond donors (Lipinski definition) is 0. The molecule has 1 aromatic heterocycles. The summed E-state index contributed by atoms with van der Waals surface area (Å²) in [5, 5.41) is 2.10. The van der Waals surface area contributed by atoms with Crippen molar-refractivity contribution in [2.45, 2.75) is 30.2 Å². The second kappa shape index (κ2) is 8.81. The first kappa shape index (κ1) is 21.4. The lowest BCUT2D eigenvalue weighted by atomic mass is 9.90. The number of amides is 1. The second-order valence-electron chi connectivity index (χ2n) is 8.41. The summed E-state index contributed by atoms with van der Waals surface area (Å²) in [5.41, 5.74) is 2.30. The molecule has 5 rings (SSSR count). The summed E-state index contributed by atoms with van der Waals surface area (Å²) < 4.78 is 27.8. The maximum Gasteiger partial charge on any atom is 0.243 e. The van der Waals surface area contributed by atoms with E-state index in [0.29, 0.717) is 25.9 Å². The number of piperidine rings is 1. The van der Waals surface area contributed by atoms with Crippen molar-refractivity contribution in [3.63, 3.8) is 0 Å². The minimum absolute atomic E-state index is 0.0589. The van der Waals surface area contributed by atoms with Crippen LogP contribution in [-0.2, 0) is 21.2 Å². The van der Waals surface area contributed by atoms with Gasteiger partial charge in [-0.1, -0.05) is 48.5 Å². The van der Waals surface area contributed by atoms with Crippen molar-refractivity contribution >= 4 is 27.3 Å². The molecule has 0 aliphatic carbocycles. The van der Waals surface area contributed by atoms with Crippen molar-refractivity contribution in [1.82, 2.24) is 9.21 Å². The molecule has 2 aliphatic heterocycles. The standard InChI is InChI=1S/C25H26N2O3S2/c28-25(20-10-7-15-26(18-20)32(29,30)21-11-5-2-6-12-21)27-16-13-23-22(14-17-31-23)24(27)19-8-3-1-4-9-19/h1-6,8-9,11-12,14,17,20,24H,7,10,13,15-16,18H2. The minimum atomic E-state index is -3.60. The molecule has 2 aliphatic rings. The van der Waals surface area contributed by atoms with E-state index in [4.69, 9.17) is 0 Å². The molecule has 1 saturated heterocycles. The maximum absolute atomic E-state index is 13.8. The fourth-order valence-corrected chi connectivity index (χ4v) is 7.34. The van der Waals surface area contributed by atoms with E-state index < -0.39 is 10.0 Å². The monoisotopic (exact) mass is 466 g/mol. The first-order valence-corrected chi connectivity index (χ1v) is 13.3. The molecule has 0 spiro atoms. The van der Waals surface area contributed by atoms with Crippen LogP contribution in [0.5, 0.6) is 0 Å². The lowest BCUT2D eigenvalue weighted by molar-refractivity contribution is -0.138. The van der Waals surface area contributed by atoms with Gasteiger partial charge in [0.2, 0.25) is 15.9 Å². The van der Waals surface area contributed by atoms with Crippen LogP contribution in [0.1, 0.15) is 34.9 Å². The van der Waals surface area contributed by atoms with Gasteiger partial charge < -0.3 is 4.90 Å². The number of fused-ring (bicyclic) bond motifs is 1. The van der Waals surface area contributed by atoms with Gasteiger partial charge in [0.1, 0.15) is 0 Å². The highest BCUT2D eigenvalue weighted by atomic mass is 32.2. The minimum Gasteiger partial charge on any atom is -0.331 e. The Kier molecular flexibility index (Phi) is 5.88. The summed E-state index contributed by atoms with van der Waals surface area (Å²) in [4.78, 5) is 17.4. The SMILES string of the molecule is O=C(C1CCCN(S(=O)(=O)c2ccccc2)C1)N1CCc2sccc2C1c1ccccc1. The zero-order valence-corrected chi connectivity index (χ0v) is 19.4. The van der Waals surface area contributed by atoms with Gasteiger partial charge in [-0.2, -0.15) is 4.31 Å². The largest absolute Gasteiger partial charge is 0.331 e. The van der Waals surface area contributed by atoms with Crippen LogP contribution in [0, 0.1) is 5.92 Å². The summed E-state index contributed by atoms with van der Waals surface area (Å²) in [5.74, 6) is -0.266. The average molecular weight is 467 g/mol.